The molecule has 17 heavy (non-hydrogen) atoms. The van der Waals surface area contributed by atoms with Crippen molar-refractivity contribution < 1.29 is 4.74 Å². The highest BCUT2D eigenvalue weighted by Gasteiger charge is 2.07. The lowest BCUT2D eigenvalue weighted by molar-refractivity contribution is 0.440. The zero-order valence-electron chi connectivity index (χ0n) is 8.59. The van der Waals surface area contributed by atoms with Crippen LogP contribution in [0.4, 0.5) is 5.82 Å². The van der Waals surface area contributed by atoms with E-state index in [1.165, 1.54) is 0 Å². The van der Waals surface area contributed by atoms with Crippen molar-refractivity contribution >= 4 is 21.7 Å². The number of para-hydroxylation sites is 1. The van der Waals surface area contributed by atoms with Gasteiger partial charge in [0.15, 0.2) is 0 Å². The van der Waals surface area contributed by atoms with E-state index in [0.717, 1.165) is 0 Å². The number of halogens is 1. The minimum Gasteiger partial charge on any atom is -0.423 e. The average molecular weight is 291 g/mol. The van der Waals surface area contributed by atoms with Crippen LogP contribution in [0.2, 0.25) is 0 Å². The predicted octanol–water partition coefficient (Wildman–Crippen LogP) is 2.49. The highest BCUT2D eigenvalue weighted by atomic mass is 79.9. The summed E-state index contributed by atoms with van der Waals surface area (Å²) in [5, 5.41) is 8.90. The Morgan fingerprint density at radius 2 is 2.06 bits per heavy atom. The van der Waals surface area contributed by atoms with E-state index in [1.54, 1.807) is 30.3 Å². The normalized spacial score (nSPS) is 9.65. The van der Waals surface area contributed by atoms with Crippen molar-refractivity contribution in [3.63, 3.8) is 0 Å². The number of nitrogens with two attached hydrogens (primary N) is 1. The van der Waals surface area contributed by atoms with Crippen molar-refractivity contribution in [1.82, 2.24) is 9.97 Å². The SMILES string of the molecule is N#Cc1ccccc1Oc1nc(N)cc(Br)n1. The fraction of sp³-hybridized carbons (Fsp3) is 0. The highest BCUT2D eigenvalue weighted by Crippen LogP contribution is 2.23. The Morgan fingerprint density at radius 1 is 1.29 bits per heavy atom. The number of benzene rings is 1. The Hall–Kier alpha value is -2.13. The molecule has 84 valence electrons. The molecule has 0 atom stereocenters. The standard InChI is InChI=1S/C11H7BrN4O/c12-9-5-10(14)16-11(15-9)17-8-4-2-1-3-7(8)6-13/h1-5H,(H2,14,15,16). The van der Waals surface area contributed by atoms with Gasteiger partial charge in [0, 0.05) is 6.07 Å². The van der Waals surface area contributed by atoms with E-state index < -0.39 is 0 Å². The van der Waals surface area contributed by atoms with Crippen LogP contribution in [0.1, 0.15) is 5.56 Å². The molecule has 6 heteroatoms. The summed E-state index contributed by atoms with van der Waals surface area (Å²) >= 11 is 3.19. The van der Waals surface area contributed by atoms with Gasteiger partial charge in [-0.1, -0.05) is 12.1 Å². The van der Waals surface area contributed by atoms with Crippen LogP contribution in [0, 0.1) is 11.3 Å². The third kappa shape index (κ3) is 2.71. The third-order valence-electron chi connectivity index (χ3n) is 1.90. The molecule has 0 saturated heterocycles. The van der Waals surface area contributed by atoms with Crippen molar-refractivity contribution in [2.75, 3.05) is 5.73 Å². The fourth-order valence-corrected chi connectivity index (χ4v) is 1.59. The van der Waals surface area contributed by atoms with Crippen molar-refractivity contribution in [3.05, 3.63) is 40.5 Å². The molecule has 0 unspecified atom stereocenters. The molecule has 0 bridgehead atoms. The largest absolute Gasteiger partial charge is 0.423 e. The molecule has 2 N–H and O–H groups in total. The molecule has 1 heterocycles. The topological polar surface area (TPSA) is 84.8 Å². The molecule has 2 rings (SSSR count). The number of nitrogens with zero attached hydrogens (tertiary/aromatic N) is 3. The predicted molar refractivity (Wildman–Crippen MR) is 65.4 cm³/mol. The maximum atomic E-state index is 8.90. The average Bonchev–Trinajstić information content (AvgIpc) is 2.28. The van der Waals surface area contributed by atoms with Gasteiger partial charge >= 0.3 is 6.01 Å². The number of hydrogen-bond donors (Lipinski definition) is 1. The summed E-state index contributed by atoms with van der Waals surface area (Å²) < 4.78 is 5.93. The number of hydrogen-bond acceptors (Lipinski definition) is 5. The third-order valence-corrected chi connectivity index (χ3v) is 2.31. The molecule has 0 radical (unpaired) electrons. The van der Waals surface area contributed by atoms with Gasteiger partial charge in [0.25, 0.3) is 0 Å². The zero-order valence-corrected chi connectivity index (χ0v) is 10.2. The molecule has 0 fully saturated rings. The Kier molecular flexibility index (Phi) is 3.21. The molecule has 0 saturated carbocycles. The Balaban J connectivity index is 2.35. The van der Waals surface area contributed by atoms with Crippen LogP contribution in [-0.4, -0.2) is 9.97 Å². The highest BCUT2D eigenvalue weighted by molar-refractivity contribution is 9.10. The second kappa shape index (κ2) is 4.80. The van der Waals surface area contributed by atoms with Gasteiger partial charge in [-0.15, -0.1) is 0 Å². The first-order valence-corrected chi connectivity index (χ1v) is 5.45. The first-order valence-electron chi connectivity index (χ1n) is 4.66. The lowest BCUT2D eigenvalue weighted by atomic mass is 10.2. The summed E-state index contributed by atoms with van der Waals surface area (Å²) in [5.41, 5.74) is 5.97. The van der Waals surface area contributed by atoms with Gasteiger partial charge in [0.2, 0.25) is 0 Å². The van der Waals surface area contributed by atoms with Crippen LogP contribution in [-0.2, 0) is 0 Å². The van der Waals surface area contributed by atoms with Gasteiger partial charge in [0.05, 0.1) is 5.56 Å². The molecule has 1 aromatic carbocycles. The summed E-state index contributed by atoms with van der Waals surface area (Å²) in [5.74, 6) is 0.684. The number of anilines is 1. The molecular weight excluding hydrogens is 284 g/mol. The fourth-order valence-electron chi connectivity index (χ4n) is 1.21. The Morgan fingerprint density at radius 3 is 2.76 bits per heavy atom. The summed E-state index contributed by atoms with van der Waals surface area (Å²) in [7, 11) is 0. The lowest BCUT2D eigenvalue weighted by Gasteiger charge is -2.05. The zero-order chi connectivity index (χ0) is 12.3. The van der Waals surface area contributed by atoms with Crippen LogP contribution in [0.3, 0.4) is 0 Å². The number of ether oxygens (including phenoxy) is 1. The van der Waals surface area contributed by atoms with E-state index >= 15 is 0 Å². The number of aromatic nitrogens is 2. The van der Waals surface area contributed by atoms with E-state index in [-0.39, 0.29) is 11.8 Å². The summed E-state index contributed by atoms with van der Waals surface area (Å²) in [4.78, 5) is 7.91. The molecule has 0 amide bonds. The number of nitrogen functional groups attached to an aromatic ring is 1. The Bertz CT molecular complexity index is 574. The maximum absolute atomic E-state index is 8.90. The van der Waals surface area contributed by atoms with Gasteiger partial charge < -0.3 is 10.5 Å². The minimum absolute atomic E-state index is 0.0968. The van der Waals surface area contributed by atoms with Crippen molar-refractivity contribution in [1.29, 1.82) is 5.26 Å². The first-order chi connectivity index (χ1) is 8.19. The van der Waals surface area contributed by atoms with E-state index in [1.807, 2.05) is 6.07 Å². The quantitative estimate of drug-likeness (QED) is 0.859. The summed E-state index contributed by atoms with van der Waals surface area (Å²) in [6, 6.07) is 10.5. The molecular formula is C11H7BrN4O. The molecule has 0 aliphatic heterocycles. The smallest absolute Gasteiger partial charge is 0.325 e. The van der Waals surface area contributed by atoms with Gasteiger partial charge in [-0.3, -0.25) is 0 Å². The van der Waals surface area contributed by atoms with Crippen LogP contribution in [0.25, 0.3) is 0 Å². The van der Waals surface area contributed by atoms with Gasteiger partial charge in [-0.2, -0.15) is 15.2 Å². The van der Waals surface area contributed by atoms with Crippen LogP contribution < -0.4 is 10.5 Å². The minimum atomic E-state index is 0.0968. The lowest BCUT2D eigenvalue weighted by Crippen LogP contribution is -1.97. The van der Waals surface area contributed by atoms with Crippen LogP contribution in [0.5, 0.6) is 11.8 Å². The van der Waals surface area contributed by atoms with E-state index in [0.29, 0.717) is 15.9 Å². The van der Waals surface area contributed by atoms with Crippen molar-refractivity contribution in [3.8, 4) is 17.8 Å². The number of rotatable bonds is 2. The first kappa shape index (κ1) is 11.4. The molecule has 1 aromatic heterocycles. The van der Waals surface area contributed by atoms with Crippen molar-refractivity contribution in [2.24, 2.45) is 0 Å². The van der Waals surface area contributed by atoms with Gasteiger partial charge in [-0.05, 0) is 28.1 Å². The number of nitriles is 1. The van der Waals surface area contributed by atoms with E-state index in [4.69, 9.17) is 15.7 Å². The van der Waals surface area contributed by atoms with Gasteiger partial charge in [0.1, 0.15) is 22.2 Å². The Labute approximate surface area is 106 Å². The molecule has 2 aromatic rings. The molecule has 0 aliphatic carbocycles. The van der Waals surface area contributed by atoms with E-state index in [9.17, 15) is 0 Å². The molecule has 0 spiro atoms. The molecule has 0 aliphatic rings. The second-order valence-corrected chi connectivity index (χ2v) is 3.92. The van der Waals surface area contributed by atoms with Crippen LogP contribution >= 0.6 is 15.9 Å². The van der Waals surface area contributed by atoms with Crippen molar-refractivity contribution in [2.45, 2.75) is 0 Å². The van der Waals surface area contributed by atoms with Crippen LogP contribution in [0.15, 0.2) is 34.9 Å². The van der Waals surface area contributed by atoms with Gasteiger partial charge in [-0.25, -0.2) is 0 Å². The summed E-state index contributed by atoms with van der Waals surface area (Å²) in [6.07, 6.45) is 0. The maximum Gasteiger partial charge on any atom is 0.325 e. The second-order valence-electron chi connectivity index (χ2n) is 3.11. The monoisotopic (exact) mass is 290 g/mol. The summed E-state index contributed by atoms with van der Waals surface area (Å²) in [6.45, 7) is 0. The molecule has 5 nitrogen and oxygen atoms in total. The van der Waals surface area contributed by atoms with E-state index in [2.05, 4.69) is 25.9 Å².